The molecule has 0 radical (unpaired) electrons. The number of aliphatic hydroxyl groups excluding tert-OH is 3. The largest absolute Gasteiger partial charge is 0.472 e. The van der Waals surface area contributed by atoms with Crippen LogP contribution in [0.1, 0.15) is 79.2 Å². The monoisotopic (exact) mass is 674 g/mol. The Hall–Kier alpha value is -2.84. The van der Waals surface area contributed by atoms with E-state index in [2.05, 4.69) is 0 Å². The average Bonchev–Trinajstić information content (AvgIpc) is 3.39. The lowest BCUT2D eigenvalue weighted by Gasteiger charge is -2.73. The number of ketones is 1. The molecular formula is C35H46O13. The van der Waals surface area contributed by atoms with Crippen LogP contribution >= 0.6 is 0 Å². The topological polar surface area (TPSA) is 192 Å². The summed E-state index contributed by atoms with van der Waals surface area (Å²) in [6.07, 6.45) is -5.09. The number of epoxide rings is 1. The molecule has 7 rings (SSSR count). The van der Waals surface area contributed by atoms with Crippen molar-refractivity contribution in [3.05, 3.63) is 24.2 Å². The van der Waals surface area contributed by atoms with Crippen LogP contribution in [0.4, 0.5) is 0 Å². The number of ether oxygens (including phenoxy) is 5. The highest BCUT2D eigenvalue weighted by Crippen LogP contribution is 2.82. The number of rotatable bonds is 6. The highest BCUT2D eigenvalue weighted by atomic mass is 16.7. The van der Waals surface area contributed by atoms with Gasteiger partial charge in [0.05, 0.1) is 42.7 Å². The minimum absolute atomic E-state index is 0.0283. The van der Waals surface area contributed by atoms with Gasteiger partial charge in [-0.1, -0.05) is 27.7 Å². The van der Waals surface area contributed by atoms with Crippen LogP contribution in [-0.2, 0) is 42.9 Å². The van der Waals surface area contributed by atoms with Gasteiger partial charge in [0.2, 0.25) is 6.29 Å². The Labute approximate surface area is 278 Å². The zero-order valence-electron chi connectivity index (χ0n) is 28.3. The maximum absolute atomic E-state index is 15.0. The Morgan fingerprint density at radius 1 is 1.02 bits per heavy atom. The van der Waals surface area contributed by atoms with E-state index in [9.17, 15) is 29.7 Å². The standard InChI is InChI=1S/C35H46O13/c1-8-15(2)29(42)47-30-31(5)20-12-21(38)33(7)25(34(20,14-44-30)27(41)24(45-16(3)36)28(31)46-17(4)37)23(39)26(40)32(6)19(18-9-10-43-13-18)11-22-35(32,33)48-22/h9-10,13,15,19-22,24-28,30,38,40-41H,8,11-12,14H2,1-7H3/t15-,19+,20+,21-,22-,24-,25+,26+,27+,28-,30+,31-,32-,33-,34+,35-/m1/s1. The molecule has 13 nitrogen and oxygen atoms in total. The van der Waals surface area contributed by atoms with Crippen molar-refractivity contribution in [2.75, 3.05) is 6.61 Å². The molecule has 16 atom stereocenters. The number of aliphatic hydroxyl groups is 3. The van der Waals surface area contributed by atoms with Crippen molar-refractivity contribution in [2.24, 2.45) is 39.4 Å². The predicted molar refractivity (Wildman–Crippen MR) is 161 cm³/mol. The van der Waals surface area contributed by atoms with Gasteiger partial charge in [-0.15, -0.1) is 0 Å². The van der Waals surface area contributed by atoms with Crippen molar-refractivity contribution < 1.29 is 62.6 Å². The summed E-state index contributed by atoms with van der Waals surface area (Å²) in [7, 11) is 0. The van der Waals surface area contributed by atoms with Gasteiger partial charge in [-0.2, -0.15) is 0 Å². The van der Waals surface area contributed by atoms with Gasteiger partial charge in [0, 0.05) is 41.9 Å². The van der Waals surface area contributed by atoms with E-state index in [1.807, 2.05) is 13.8 Å². The number of hydrogen-bond acceptors (Lipinski definition) is 13. The number of carbonyl (C=O) groups is 4. The minimum atomic E-state index is -1.66. The second kappa shape index (κ2) is 10.6. The zero-order chi connectivity index (χ0) is 34.9. The zero-order valence-corrected chi connectivity index (χ0v) is 28.3. The Bertz CT molecular complexity index is 1530. The van der Waals surface area contributed by atoms with Crippen LogP contribution < -0.4 is 0 Å². The molecule has 2 aliphatic heterocycles. The lowest BCUT2D eigenvalue weighted by Crippen LogP contribution is -2.84. The predicted octanol–water partition coefficient (Wildman–Crippen LogP) is 2.03. The summed E-state index contributed by atoms with van der Waals surface area (Å²) in [5.41, 5.74) is -6.04. The van der Waals surface area contributed by atoms with E-state index in [0.29, 0.717) is 12.8 Å². The van der Waals surface area contributed by atoms with Gasteiger partial charge in [-0.3, -0.25) is 19.2 Å². The van der Waals surface area contributed by atoms with Gasteiger partial charge in [-0.05, 0) is 43.7 Å². The van der Waals surface area contributed by atoms with E-state index in [-0.39, 0.29) is 18.9 Å². The number of esters is 3. The van der Waals surface area contributed by atoms with Crippen LogP contribution in [0, 0.1) is 39.4 Å². The summed E-state index contributed by atoms with van der Waals surface area (Å²) >= 11 is 0. The molecule has 1 aromatic heterocycles. The molecule has 0 aromatic carbocycles. The second-order valence-electron chi connectivity index (χ2n) is 15.7. The first-order valence-corrected chi connectivity index (χ1v) is 16.9. The van der Waals surface area contributed by atoms with Crippen LogP contribution in [-0.4, -0.2) is 94.1 Å². The van der Waals surface area contributed by atoms with E-state index in [1.165, 1.54) is 13.2 Å². The third-order valence-corrected chi connectivity index (χ3v) is 13.9. The molecule has 1 spiro atoms. The number of fused-ring (bicyclic) bond motifs is 1. The quantitative estimate of drug-likeness (QED) is 0.226. The minimum Gasteiger partial charge on any atom is -0.472 e. The molecule has 3 N–H and O–H groups in total. The molecule has 4 aliphatic carbocycles. The Balaban J connectivity index is 1.42. The van der Waals surface area contributed by atoms with Crippen LogP contribution in [0.2, 0.25) is 0 Å². The highest BCUT2D eigenvalue weighted by molar-refractivity contribution is 5.91. The van der Waals surface area contributed by atoms with E-state index in [4.69, 9.17) is 28.1 Å². The van der Waals surface area contributed by atoms with Gasteiger partial charge in [0.15, 0.2) is 18.0 Å². The van der Waals surface area contributed by atoms with Crippen LogP contribution in [0.15, 0.2) is 23.0 Å². The normalized spacial score (nSPS) is 50.6. The lowest BCUT2D eigenvalue weighted by atomic mass is 9.33. The van der Waals surface area contributed by atoms with Gasteiger partial charge < -0.3 is 43.4 Å². The number of Topliss-reactive ketones (excluding diaryl/α,β-unsaturated/α-hetero) is 1. The first kappa shape index (κ1) is 33.6. The van der Waals surface area contributed by atoms with Crippen molar-refractivity contribution >= 4 is 23.7 Å². The smallest absolute Gasteiger partial charge is 0.310 e. The molecule has 2 bridgehead atoms. The third kappa shape index (κ3) is 3.74. The molecule has 3 heterocycles. The third-order valence-electron chi connectivity index (χ3n) is 13.9. The summed E-state index contributed by atoms with van der Waals surface area (Å²) in [5.74, 6) is -5.68. The molecular weight excluding hydrogens is 628 g/mol. The maximum atomic E-state index is 15.0. The summed E-state index contributed by atoms with van der Waals surface area (Å²) in [4.78, 5) is 53.5. The lowest BCUT2D eigenvalue weighted by molar-refractivity contribution is -0.391. The number of carbonyl (C=O) groups excluding carboxylic acids is 4. The van der Waals surface area contributed by atoms with Crippen molar-refractivity contribution in [2.45, 2.75) is 122 Å². The molecule has 48 heavy (non-hydrogen) atoms. The first-order valence-electron chi connectivity index (χ1n) is 16.9. The van der Waals surface area contributed by atoms with Crippen LogP contribution in [0.5, 0.6) is 0 Å². The Morgan fingerprint density at radius 2 is 1.71 bits per heavy atom. The van der Waals surface area contributed by atoms with Crippen LogP contribution in [0.25, 0.3) is 0 Å². The molecule has 264 valence electrons. The fraction of sp³-hybridized carbons (Fsp3) is 0.771. The van der Waals surface area contributed by atoms with Gasteiger partial charge in [0.25, 0.3) is 0 Å². The number of hydrogen-bond donors (Lipinski definition) is 3. The SMILES string of the molecule is CC[C@@H](C)C(=O)O[C@@H]1OC[C@@]23[C@H]4C(=O)[C@H](O)[C@@]5(C)[C@H](c6ccoc6)C[C@H]6O[C@]65[C@]4(C)[C@H](O)C[C@H]2[C@]1(C)[C@H](OC(C)=O)[C@H](OC(C)=O)[C@@H]3O. The molecule has 6 aliphatic rings. The van der Waals surface area contributed by atoms with E-state index >= 15 is 4.79 Å². The van der Waals surface area contributed by atoms with Gasteiger partial charge >= 0.3 is 17.9 Å². The first-order chi connectivity index (χ1) is 22.5. The molecule has 13 heteroatoms. The Morgan fingerprint density at radius 3 is 2.31 bits per heavy atom. The molecule has 0 unspecified atom stereocenters. The van der Waals surface area contributed by atoms with E-state index in [1.54, 1.807) is 33.1 Å². The summed E-state index contributed by atoms with van der Waals surface area (Å²) in [5, 5.41) is 37.2. The fourth-order valence-corrected chi connectivity index (χ4v) is 11.6. The summed E-state index contributed by atoms with van der Waals surface area (Å²) in [6, 6.07) is 1.80. The van der Waals surface area contributed by atoms with E-state index < -0.39 is 112 Å². The second-order valence-corrected chi connectivity index (χ2v) is 15.7. The van der Waals surface area contributed by atoms with Crippen molar-refractivity contribution in [1.82, 2.24) is 0 Å². The molecule has 1 aromatic rings. The number of furan rings is 1. The average molecular weight is 675 g/mol. The van der Waals surface area contributed by atoms with Gasteiger partial charge in [-0.25, -0.2) is 0 Å². The Kier molecular flexibility index (Phi) is 7.42. The summed E-state index contributed by atoms with van der Waals surface area (Å²) in [6.45, 7) is 10.8. The molecule has 6 fully saturated rings. The molecule has 2 saturated heterocycles. The summed E-state index contributed by atoms with van der Waals surface area (Å²) < 4.78 is 35.9. The highest BCUT2D eigenvalue weighted by Gasteiger charge is 2.92. The maximum Gasteiger partial charge on any atom is 0.310 e. The van der Waals surface area contributed by atoms with Gasteiger partial charge in [0.1, 0.15) is 17.8 Å². The molecule has 4 saturated carbocycles. The van der Waals surface area contributed by atoms with Crippen molar-refractivity contribution in [3.8, 4) is 0 Å². The van der Waals surface area contributed by atoms with Crippen molar-refractivity contribution in [1.29, 1.82) is 0 Å². The van der Waals surface area contributed by atoms with Crippen LogP contribution in [0.3, 0.4) is 0 Å². The molecule has 0 amide bonds. The fourth-order valence-electron chi connectivity index (χ4n) is 11.6. The van der Waals surface area contributed by atoms with Crippen molar-refractivity contribution in [3.63, 3.8) is 0 Å². The van der Waals surface area contributed by atoms with E-state index in [0.717, 1.165) is 12.5 Å².